The molecule has 0 amide bonds. The standard InChI is InChI=1S/C18H26N2/c1-4-11-19-15(3)18-10-12-20(14-18)13-17-8-6-16(5-2)7-9-17/h6-10,12,14-15,19H,4-5,11,13H2,1-3H3. The topological polar surface area (TPSA) is 17.0 Å². The van der Waals surface area contributed by atoms with Gasteiger partial charge in [-0.3, -0.25) is 0 Å². The lowest BCUT2D eigenvalue weighted by molar-refractivity contribution is 0.569. The van der Waals surface area contributed by atoms with Gasteiger partial charge < -0.3 is 9.88 Å². The van der Waals surface area contributed by atoms with E-state index in [2.05, 4.69) is 73.4 Å². The molecule has 0 aliphatic rings. The fourth-order valence-electron chi connectivity index (χ4n) is 2.38. The summed E-state index contributed by atoms with van der Waals surface area (Å²) in [5.41, 5.74) is 4.13. The van der Waals surface area contributed by atoms with Crippen LogP contribution in [0.25, 0.3) is 0 Å². The number of benzene rings is 1. The number of aryl methyl sites for hydroxylation is 1. The van der Waals surface area contributed by atoms with Crippen molar-refractivity contribution in [3.05, 3.63) is 59.4 Å². The second kappa shape index (κ2) is 7.30. The predicted molar refractivity (Wildman–Crippen MR) is 86.1 cm³/mol. The molecule has 0 aliphatic heterocycles. The normalized spacial score (nSPS) is 12.6. The lowest BCUT2D eigenvalue weighted by Gasteiger charge is -2.11. The third kappa shape index (κ3) is 3.97. The van der Waals surface area contributed by atoms with Crippen molar-refractivity contribution in [3.63, 3.8) is 0 Å². The fourth-order valence-corrected chi connectivity index (χ4v) is 2.38. The number of aromatic nitrogens is 1. The zero-order valence-corrected chi connectivity index (χ0v) is 12.9. The van der Waals surface area contributed by atoms with Gasteiger partial charge in [-0.2, -0.15) is 0 Å². The summed E-state index contributed by atoms with van der Waals surface area (Å²) in [5.74, 6) is 0. The molecular formula is C18H26N2. The van der Waals surface area contributed by atoms with Gasteiger partial charge in [0.2, 0.25) is 0 Å². The van der Waals surface area contributed by atoms with Gasteiger partial charge in [0.25, 0.3) is 0 Å². The molecule has 0 fully saturated rings. The zero-order valence-electron chi connectivity index (χ0n) is 12.9. The molecule has 1 unspecified atom stereocenters. The van der Waals surface area contributed by atoms with Crippen LogP contribution in [-0.2, 0) is 13.0 Å². The van der Waals surface area contributed by atoms with Crippen molar-refractivity contribution in [2.24, 2.45) is 0 Å². The minimum absolute atomic E-state index is 0.429. The van der Waals surface area contributed by atoms with Gasteiger partial charge in [0.05, 0.1) is 0 Å². The third-order valence-corrected chi connectivity index (χ3v) is 3.77. The van der Waals surface area contributed by atoms with E-state index in [0.29, 0.717) is 6.04 Å². The highest BCUT2D eigenvalue weighted by Crippen LogP contribution is 2.14. The number of hydrogen-bond acceptors (Lipinski definition) is 1. The van der Waals surface area contributed by atoms with Crippen molar-refractivity contribution in [2.45, 2.75) is 46.2 Å². The first-order valence-corrected chi connectivity index (χ1v) is 7.69. The summed E-state index contributed by atoms with van der Waals surface area (Å²) >= 11 is 0. The lowest BCUT2D eigenvalue weighted by Crippen LogP contribution is -2.18. The maximum absolute atomic E-state index is 3.53. The van der Waals surface area contributed by atoms with Gasteiger partial charge in [0.15, 0.2) is 0 Å². The average Bonchev–Trinajstić information content (AvgIpc) is 2.94. The summed E-state index contributed by atoms with van der Waals surface area (Å²) < 4.78 is 2.26. The van der Waals surface area contributed by atoms with E-state index in [1.807, 2.05) is 0 Å². The molecule has 0 aliphatic carbocycles. The Morgan fingerprint density at radius 2 is 1.75 bits per heavy atom. The Labute approximate surface area is 122 Å². The van der Waals surface area contributed by atoms with E-state index in [4.69, 9.17) is 0 Å². The molecule has 0 spiro atoms. The summed E-state index contributed by atoms with van der Waals surface area (Å²) in [6.45, 7) is 8.64. The smallest absolute Gasteiger partial charge is 0.0470 e. The van der Waals surface area contributed by atoms with Crippen molar-refractivity contribution in [2.75, 3.05) is 6.54 Å². The Balaban J connectivity index is 1.97. The SMILES string of the molecule is CCCNC(C)c1ccn(Cc2ccc(CC)cc2)c1. The molecule has 1 aromatic carbocycles. The quantitative estimate of drug-likeness (QED) is 0.799. The molecule has 0 saturated heterocycles. The van der Waals surface area contributed by atoms with Crippen molar-refractivity contribution < 1.29 is 0 Å². The van der Waals surface area contributed by atoms with E-state index in [9.17, 15) is 0 Å². The summed E-state index contributed by atoms with van der Waals surface area (Å²) in [6.07, 6.45) is 6.71. The van der Waals surface area contributed by atoms with Gasteiger partial charge in [0, 0.05) is 25.0 Å². The highest BCUT2D eigenvalue weighted by atomic mass is 15.0. The summed E-state index contributed by atoms with van der Waals surface area (Å²) in [7, 11) is 0. The minimum atomic E-state index is 0.429. The molecule has 2 rings (SSSR count). The minimum Gasteiger partial charge on any atom is -0.350 e. The number of nitrogens with zero attached hydrogens (tertiary/aromatic N) is 1. The molecule has 1 heterocycles. The Hall–Kier alpha value is -1.54. The Bertz CT molecular complexity index is 510. The summed E-state index contributed by atoms with van der Waals surface area (Å²) in [6, 6.07) is 11.6. The van der Waals surface area contributed by atoms with Crippen LogP contribution in [0.4, 0.5) is 0 Å². The third-order valence-electron chi connectivity index (χ3n) is 3.77. The molecule has 108 valence electrons. The van der Waals surface area contributed by atoms with E-state index < -0.39 is 0 Å². The van der Waals surface area contributed by atoms with Gasteiger partial charge in [-0.1, -0.05) is 38.1 Å². The van der Waals surface area contributed by atoms with Crippen LogP contribution in [0.5, 0.6) is 0 Å². The summed E-state index contributed by atoms with van der Waals surface area (Å²) in [4.78, 5) is 0. The Kier molecular flexibility index (Phi) is 5.42. The molecule has 1 N–H and O–H groups in total. The number of rotatable bonds is 7. The molecule has 1 aromatic heterocycles. The molecule has 2 heteroatoms. The van der Waals surface area contributed by atoms with E-state index in [0.717, 1.165) is 19.5 Å². The number of nitrogens with one attached hydrogen (secondary N) is 1. The van der Waals surface area contributed by atoms with Gasteiger partial charge in [0.1, 0.15) is 0 Å². The van der Waals surface area contributed by atoms with Crippen LogP contribution in [0.3, 0.4) is 0 Å². The van der Waals surface area contributed by atoms with Crippen LogP contribution in [0.2, 0.25) is 0 Å². The highest BCUT2D eigenvalue weighted by Gasteiger charge is 2.06. The Morgan fingerprint density at radius 1 is 1.05 bits per heavy atom. The molecule has 1 atom stereocenters. The molecule has 2 nitrogen and oxygen atoms in total. The number of hydrogen-bond donors (Lipinski definition) is 1. The van der Waals surface area contributed by atoms with Crippen LogP contribution in [-0.4, -0.2) is 11.1 Å². The van der Waals surface area contributed by atoms with Gasteiger partial charge >= 0.3 is 0 Å². The maximum Gasteiger partial charge on any atom is 0.0470 e. The highest BCUT2D eigenvalue weighted by molar-refractivity contribution is 5.23. The van der Waals surface area contributed by atoms with Gasteiger partial charge in [-0.05, 0) is 49.1 Å². The van der Waals surface area contributed by atoms with Crippen LogP contribution >= 0.6 is 0 Å². The van der Waals surface area contributed by atoms with Gasteiger partial charge in [-0.15, -0.1) is 0 Å². The monoisotopic (exact) mass is 270 g/mol. The first kappa shape index (κ1) is 14.9. The van der Waals surface area contributed by atoms with E-state index in [-0.39, 0.29) is 0 Å². The van der Waals surface area contributed by atoms with Crippen molar-refractivity contribution >= 4 is 0 Å². The van der Waals surface area contributed by atoms with Crippen LogP contribution in [0.1, 0.15) is 49.9 Å². The molecule has 0 radical (unpaired) electrons. The van der Waals surface area contributed by atoms with Crippen LogP contribution in [0, 0.1) is 0 Å². The van der Waals surface area contributed by atoms with Crippen molar-refractivity contribution in [1.82, 2.24) is 9.88 Å². The van der Waals surface area contributed by atoms with E-state index in [1.165, 1.54) is 23.1 Å². The fraction of sp³-hybridized carbons (Fsp3) is 0.444. The molecule has 0 bridgehead atoms. The first-order chi connectivity index (χ1) is 9.72. The van der Waals surface area contributed by atoms with Crippen molar-refractivity contribution in [3.8, 4) is 0 Å². The van der Waals surface area contributed by atoms with Crippen LogP contribution in [0.15, 0.2) is 42.7 Å². The molecular weight excluding hydrogens is 244 g/mol. The molecule has 2 aromatic rings. The summed E-state index contributed by atoms with van der Waals surface area (Å²) in [5, 5.41) is 3.53. The van der Waals surface area contributed by atoms with Gasteiger partial charge in [-0.25, -0.2) is 0 Å². The molecule has 0 saturated carbocycles. The second-order valence-corrected chi connectivity index (χ2v) is 5.46. The first-order valence-electron chi connectivity index (χ1n) is 7.69. The van der Waals surface area contributed by atoms with E-state index >= 15 is 0 Å². The van der Waals surface area contributed by atoms with Crippen LogP contribution < -0.4 is 5.32 Å². The average molecular weight is 270 g/mol. The Morgan fingerprint density at radius 3 is 2.40 bits per heavy atom. The molecule has 20 heavy (non-hydrogen) atoms. The zero-order chi connectivity index (χ0) is 14.4. The maximum atomic E-state index is 3.53. The van der Waals surface area contributed by atoms with E-state index in [1.54, 1.807) is 0 Å². The van der Waals surface area contributed by atoms with Crippen molar-refractivity contribution in [1.29, 1.82) is 0 Å². The predicted octanol–water partition coefficient (Wildman–Crippen LogP) is 4.16. The largest absolute Gasteiger partial charge is 0.350 e. The lowest BCUT2D eigenvalue weighted by atomic mass is 10.1. The second-order valence-electron chi connectivity index (χ2n) is 5.46.